The predicted molar refractivity (Wildman–Crippen MR) is 71.1 cm³/mol. The fraction of sp³-hybridized carbons (Fsp3) is 0.214. The molecule has 4 heteroatoms. The predicted octanol–water partition coefficient (Wildman–Crippen LogP) is 3.01. The molecular weight excluding hydrogens is 248 g/mol. The molecule has 0 saturated heterocycles. The van der Waals surface area contributed by atoms with Gasteiger partial charge in [0.15, 0.2) is 0 Å². The van der Waals surface area contributed by atoms with Crippen molar-refractivity contribution >= 4 is 17.3 Å². The summed E-state index contributed by atoms with van der Waals surface area (Å²) in [4.78, 5) is 11.6. The minimum absolute atomic E-state index is 0.160. The minimum Gasteiger partial charge on any atom is -0.478 e. The van der Waals surface area contributed by atoms with Crippen molar-refractivity contribution in [2.45, 2.75) is 19.4 Å². The molecule has 2 N–H and O–H groups in total. The molecule has 0 bridgehead atoms. The lowest BCUT2D eigenvalue weighted by Crippen LogP contribution is -2.25. The van der Waals surface area contributed by atoms with E-state index in [9.17, 15) is 9.90 Å². The van der Waals surface area contributed by atoms with Gasteiger partial charge in [0.25, 0.3) is 0 Å². The molecule has 0 radical (unpaired) electrons. The summed E-state index contributed by atoms with van der Waals surface area (Å²) in [5.74, 6) is -1.01. The van der Waals surface area contributed by atoms with Gasteiger partial charge in [-0.2, -0.15) is 0 Å². The van der Waals surface area contributed by atoms with Gasteiger partial charge >= 0.3 is 5.97 Å². The van der Waals surface area contributed by atoms with Gasteiger partial charge in [-0.1, -0.05) is 24.3 Å². The van der Waals surface area contributed by atoms with Gasteiger partial charge in [-0.3, -0.25) is 0 Å². The number of aliphatic hydroxyl groups is 1. The summed E-state index contributed by atoms with van der Waals surface area (Å²) in [7, 11) is 0. The van der Waals surface area contributed by atoms with E-state index in [1.165, 1.54) is 17.4 Å². The Kier molecular flexibility index (Phi) is 3.24. The van der Waals surface area contributed by atoms with Crippen LogP contribution in [-0.4, -0.2) is 16.2 Å². The van der Waals surface area contributed by atoms with Crippen LogP contribution < -0.4 is 0 Å². The van der Waals surface area contributed by atoms with Crippen molar-refractivity contribution in [2.24, 2.45) is 0 Å². The molecule has 0 saturated carbocycles. The second-order valence-electron chi connectivity index (χ2n) is 4.36. The summed E-state index contributed by atoms with van der Waals surface area (Å²) in [5.41, 5.74) is 0.545. The highest BCUT2D eigenvalue weighted by molar-refractivity contribution is 7.10. The molecule has 1 unspecified atom stereocenters. The zero-order valence-electron chi connectivity index (χ0n) is 10.2. The number of thiophene rings is 1. The van der Waals surface area contributed by atoms with Gasteiger partial charge in [-0.05, 0) is 36.4 Å². The zero-order chi connectivity index (χ0) is 13.3. The second-order valence-corrected chi connectivity index (χ2v) is 5.27. The van der Waals surface area contributed by atoms with Crippen molar-refractivity contribution in [1.82, 2.24) is 0 Å². The summed E-state index contributed by atoms with van der Waals surface area (Å²) < 4.78 is 0. The molecule has 3 nitrogen and oxygen atoms in total. The molecular formula is C14H14O3S. The molecule has 18 heavy (non-hydrogen) atoms. The van der Waals surface area contributed by atoms with Crippen molar-refractivity contribution in [3.05, 3.63) is 57.3 Å². The molecule has 0 amide bonds. The Bertz CT molecular complexity index is 584. The first-order valence-corrected chi connectivity index (χ1v) is 6.42. The summed E-state index contributed by atoms with van der Waals surface area (Å²) in [6, 6.07) is 8.97. The van der Waals surface area contributed by atoms with Crippen molar-refractivity contribution in [3.63, 3.8) is 0 Å². The fourth-order valence-electron chi connectivity index (χ4n) is 2.10. The zero-order valence-corrected chi connectivity index (χ0v) is 11.0. The van der Waals surface area contributed by atoms with E-state index >= 15 is 0 Å². The summed E-state index contributed by atoms with van der Waals surface area (Å²) >= 11 is 1.26. The Morgan fingerprint density at radius 1 is 1.28 bits per heavy atom. The number of hydrogen-bond acceptors (Lipinski definition) is 3. The van der Waals surface area contributed by atoms with Crippen molar-refractivity contribution < 1.29 is 15.0 Å². The van der Waals surface area contributed by atoms with E-state index < -0.39 is 11.6 Å². The molecule has 1 heterocycles. The lowest BCUT2D eigenvalue weighted by atomic mass is 9.89. The van der Waals surface area contributed by atoms with Crippen LogP contribution in [0.2, 0.25) is 0 Å². The number of aryl methyl sites for hydroxylation is 1. The van der Waals surface area contributed by atoms with Gasteiger partial charge in [0.05, 0.1) is 10.4 Å². The van der Waals surface area contributed by atoms with Gasteiger partial charge < -0.3 is 10.2 Å². The van der Waals surface area contributed by atoms with Gasteiger partial charge in [-0.25, -0.2) is 4.79 Å². The number of aromatic carboxylic acids is 1. The Labute approximate surface area is 109 Å². The van der Waals surface area contributed by atoms with Gasteiger partial charge in [0.2, 0.25) is 0 Å². The van der Waals surface area contributed by atoms with Crippen LogP contribution >= 0.6 is 11.3 Å². The van der Waals surface area contributed by atoms with Crippen LogP contribution in [0.15, 0.2) is 35.7 Å². The smallest absolute Gasteiger partial charge is 0.336 e. The molecule has 0 aliphatic rings. The van der Waals surface area contributed by atoms with Crippen LogP contribution in [0.4, 0.5) is 0 Å². The molecule has 1 aromatic carbocycles. The Balaban J connectivity index is 2.58. The summed E-state index contributed by atoms with van der Waals surface area (Å²) in [5, 5.41) is 21.5. The van der Waals surface area contributed by atoms with E-state index in [2.05, 4.69) is 0 Å². The Morgan fingerprint density at radius 3 is 2.56 bits per heavy atom. The number of carboxylic acids is 1. The topological polar surface area (TPSA) is 57.5 Å². The van der Waals surface area contributed by atoms with E-state index in [4.69, 9.17) is 5.11 Å². The second kappa shape index (κ2) is 4.55. The minimum atomic E-state index is -1.28. The van der Waals surface area contributed by atoms with Gasteiger partial charge in [-0.15, -0.1) is 11.3 Å². The molecule has 1 aromatic heterocycles. The van der Waals surface area contributed by atoms with E-state index in [1.54, 1.807) is 12.3 Å². The SMILES string of the molecule is Cc1ccccc1C(C)(O)c1sccc1C(=O)O. The van der Waals surface area contributed by atoms with E-state index in [1.807, 2.05) is 31.2 Å². The lowest BCUT2D eigenvalue weighted by Gasteiger charge is -2.25. The van der Waals surface area contributed by atoms with Crippen molar-refractivity contribution in [1.29, 1.82) is 0 Å². The fourth-order valence-corrected chi connectivity index (χ4v) is 3.06. The van der Waals surface area contributed by atoms with Crippen molar-refractivity contribution in [3.8, 4) is 0 Å². The van der Waals surface area contributed by atoms with E-state index in [0.29, 0.717) is 4.88 Å². The van der Waals surface area contributed by atoms with Gasteiger partial charge in [0, 0.05) is 0 Å². The molecule has 2 aromatic rings. The standard InChI is InChI=1S/C14H14O3S/c1-9-5-3-4-6-11(9)14(2,17)12-10(13(15)16)7-8-18-12/h3-8,17H,1-2H3,(H,15,16). The van der Waals surface area contributed by atoms with E-state index in [-0.39, 0.29) is 5.56 Å². The first-order valence-electron chi connectivity index (χ1n) is 5.54. The Hall–Kier alpha value is -1.65. The molecule has 94 valence electrons. The quantitative estimate of drug-likeness (QED) is 0.894. The first-order chi connectivity index (χ1) is 8.44. The normalized spacial score (nSPS) is 14.2. The number of carboxylic acid groups (broad SMARTS) is 1. The largest absolute Gasteiger partial charge is 0.478 e. The number of benzene rings is 1. The lowest BCUT2D eigenvalue weighted by molar-refractivity contribution is 0.0673. The van der Waals surface area contributed by atoms with Crippen LogP contribution in [0.5, 0.6) is 0 Å². The van der Waals surface area contributed by atoms with Gasteiger partial charge in [0.1, 0.15) is 5.60 Å². The molecule has 2 rings (SSSR count). The molecule has 0 spiro atoms. The third kappa shape index (κ3) is 2.05. The number of rotatable bonds is 3. The maximum atomic E-state index is 11.1. The molecule has 1 atom stereocenters. The number of carbonyl (C=O) groups is 1. The third-order valence-electron chi connectivity index (χ3n) is 3.01. The van der Waals surface area contributed by atoms with Crippen LogP contribution in [0.3, 0.4) is 0 Å². The molecule has 0 aliphatic carbocycles. The maximum Gasteiger partial charge on any atom is 0.336 e. The summed E-state index contributed by atoms with van der Waals surface area (Å²) in [6.45, 7) is 3.53. The summed E-state index contributed by atoms with van der Waals surface area (Å²) in [6.07, 6.45) is 0. The Morgan fingerprint density at radius 2 is 1.94 bits per heavy atom. The third-order valence-corrected chi connectivity index (χ3v) is 4.13. The van der Waals surface area contributed by atoms with E-state index in [0.717, 1.165) is 11.1 Å². The molecule has 0 aliphatic heterocycles. The monoisotopic (exact) mass is 262 g/mol. The average molecular weight is 262 g/mol. The number of hydrogen-bond donors (Lipinski definition) is 2. The van der Waals surface area contributed by atoms with Crippen LogP contribution in [0, 0.1) is 6.92 Å². The van der Waals surface area contributed by atoms with Crippen LogP contribution in [0.1, 0.15) is 33.3 Å². The average Bonchev–Trinajstić information content (AvgIpc) is 2.78. The first kappa shape index (κ1) is 12.8. The van der Waals surface area contributed by atoms with Crippen LogP contribution in [0.25, 0.3) is 0 Å². The highest BCUT2D eigenvalue weighted by atomic mass is 32.1. The highest BCUT2D eigenvalue weighted by Crippen LogP contribution is 2.36. The maximum absolute atomic E-state index is 11.1. The van der Waals surface area contributed by atoms with Crippen LogP contribution in [-0.2, 0) is 5.60 Å². The van der Waals surface area contributed by atoms with Crippen molar-refractivity contribution in [2.75, 3.05) is 0 Å². The highest BCUT2D eigenvalue weighted by Gasteiger charge is 2.32. The molecule has 0 fully saturated rings.